The number of aryl methyl sites for hydroxylation is 1. The van der Waals surface area contributed by atoms with E-state index < -0.39 is 17.8 Å². The van der Waals surface area contributed by atoms with Crippen LogP contribution in [0, 0.1) is 18.8 Å². The minimum absolute atomic E-state index is 0.313. The maximum absolute atomic E-state index is 11.8. The topological polar surface area (TPSA) is 79.3 Å². The van der Waals surface area contributed by atoms with Crippen molar-refractivity contribution in [3.05, 3.63) is 24.0 Å². The van der Waals surface area contributed by atoms with Gasteiger partial charge >= 0.3 is 5.97 Å². The first-order valence-corrected chi connectivity index (χ1v) is 5.37. The number of rotatable bonds is 4. The quantitative estimate of drug-likeness (QED) is 0.833. The number of pyridine rings is 1. The number of hydrogen-bond acceptors (Lipinski definition) is 3. The Morgan fingerprint density at radius 3 is 2.47 bits per heavy atom. The fraction of sp³-hybridized carbons (Fsp3) is 0.417. The van der Waals surface area contributed by atoms with Crippen LogP contribution in [0.4, 0.5) is 5.69 Å². The second-order valence-corrected chi connectivity index (χ2v) is 4.16. The Kier molecular flexibility index (Phi) is 4.20. The summed E-state index contributed by atoms with van der Waals surface area (Å²) in [6.45, 7) is 4.98. The molecule has 2 atom stereocenters. The molecule has 92 valence electrons. The number of aliphatic carboxylic acids is 1. The molecule has 1 amide bonds. The van der Waals surface area contributed by atoms with Gasteiger partial charge in [0.15, 0.2) is 0 Å². The van der Waals surface area contributed by atoms with Crippen LogP contribution in [0.3, 0.4) is 0 Å². The Hall–Kier alpha value is -1.91. The number of amides is 1. The second-order valence-electron chi connectivity index (χ2n) is 4.16. The molecule has 5 heteroatoms. The number of hydrogen-bond donors (Lipinski definition) is 2. The first kappa shape index (κ1) is 13.2. The van der Waals surface area contributed by atoms with Crippen LogP contribution >= 0.6 is 0 Å². The van der Waals surface area contributed by atoms with E-state index in [1.807, 2.05) is 6.92 Å². The molecular formula is C12H16N2O3. The molecule has 0 radical (unpaired) electrons. The van der Waals surface area contributed by atoms with Crippen LogP contribution in [0.15, 0.2) is 18.5 Å². The van der Waals surface area contributed by atoms with Crippen LogP contribution in [-0.2, 0) is 9.59 Å². The lowest BCUT2D eigenvalue weighted by atomic mass is 9.95. The molecule has 5 nitrogen and oxygen atoms in total. The van der Waals surface area contributed by atoms with Crippen LogP contribution in [0.5, 0.6) is 0 Å². The summed E-state index contributed by atoms with van der Waals surface area (Å²) >= 11 is 0. The van der Waals surface area contributed by atoms with Gasteiger partial charge in [-0.1, -0.05) is 13.8 Å². The molecule has 0 aliphatic rings. The molecule has 0 saturated heterocycles. The largest absolute Gasteiger partial charge is 0.481 e. The van der Waals surface area contributed by atoms with Crippen molar-refractivity contribution in [2.24, 2.45) is 11.8 Å². The van der Waals surface area contributed by atoms with E-state index >= 15 is 0 Å². The van der Waals surface area contributed by atoms with Crippen molar-refractivity contribution < 1.29 is 14.7 Å². The normalized spacial score (nSPS) is 13.8. The number of carbonyl (C=O) groups is 2. The number of carbonyl (C=O) groups excluding carboxylic acids is 1. The summed E-state index contributed by atoms with van der Waals surface area (Å²) < 4.78 is 0. The zero-order chi connectivity index (χ0) is 13.0. The molecule has 1 heterocycles. The standard InChI is InChI=1S/C12H16N2O3/c1-7-4-10(6-13-5-7)14-11(15)8(2)9(3)12(16)17/h4-6,8-9H,1-3H3,(H,14,15)(H,16,17). The van der Waals surface area contributed by atoms with Crippen LogP contribution in [-0.4, -0.2) is 22.0 Å². The van der Waals surface area contributed by atoms with E-state index in [9.17, 15) is 9.59 Å². The van der Waals surface area contributed by atoms with E-state index in [0.717, 1.165) is 5.56 Å². The average molecular weight is 236 g/mol. The van der Waals surface area contributed by atoms with Gasteiger partial charge in [0.2, 0.25) is 5.91 Å². The molecule has 1 rings (SSSR count). The molecule has 17 heavy (non-hydrogen) atoms. The monoisotopic (exact) mass is 236 g/mol. The molecular weight excluding hydrogens is 220 g/mol. The third-order valence-electron chi connectivity index (χ3n) is 2.70. The molecule has 0 bridgehead atoms. The van der Waals surface area contributed by atoms with Crippen LogP contribution in [0.25, 0.3) is 0 Å². The molecule has 1 aromatic rings. The van der Waals surface area contributed by atoms with E-state index in [1.54, 1.807) is 19.2 Å². The van der Waals surface area contributed by atoms with Gasteiger partial charge < -0.3 is 10.4 Å². The van der Waals surface area contributed by atoms with Crippen LogP contribution < -0.4 is 5.32 Å². The zero-order valence-electron chi connectivity index (χ0n) is 10.1. The van der Waals surface area contributed by atoms with Gasteiger partial charge in [-0.2, -0.15) is 0 Å². The summed E-state index contributed by atoms with van der Waals surface area (Å²) in [5, 5.41) is 11.5. The van der Waals surface area contributed by atoms with Crippen LogP contribution in [0.2, 0.25) is 0 Å². The minimum Gasteiger partial charge on any atom is -0.481 e. The zero-order valence-corrected chi connectivity index (χ0v) is 10.1. The van der Waals surface area contributed by atoms with Gasteiger partial charge in [-0.05, 0) is 18.6 Å². The lowest BCUT2D eigenvalue weighted by molar-refractivity contribution is -0.145. The van der Waals surface area contributed by atoms with Gasteiger partial charge in [-0.25, -0.2) is 0 Å². The third-order valence-corrected chi connectivity index (χ3v) is 2.70. The fourth-order valence-electron chi connectivity index (χ4n) is 1.32. The smallest absolute Gasteiger partial charge is 0.307 e. The van der Waals surface area contributed by atoms with Gasteiger partial charge in [0.05, 0.1) is 17.8 Å². The van der Waals surface area contributed by atoms with E-state index in [-0.39, 0.29) is 5.91 Å². The predicted octanol–water partition coefficient (Wildman–Crippen LogP) is 1.69. The summed E-state index contributed by atoms with van der Waals surface area (Å²) in [5.41, 5.74) is 1.51. The first-order chi connectivity index (χ1) is 7.91. The number of anilines is 1. The summed E-state index contributed by atoms with van der Waals surface area (Å²) in [6, 6.07) is 1.78. The van der Waals surface area contributed by atoms with Gasteiger partial charge in [0, 0.05) is 12.1 Å². The maximum Gasteiger partial charge on any atom is 0.307 e. The number of carboxylic acid groups (broad SMARTS) is 1. The lowest BCUT2D eigenvalue weighted by Crippen LogP contribution is -2.30. The molecule has 0 fully saturated rings. The molecule has 0 aliphatic heterocycles. The highest BCUT2D eigenvalue weighted by Crippen LogP contribution is 2.15. The minimum atomic E-state index is -0.977. The van der Waals surface area contributed by atoms with Crippen molar-refractivity contribution in [1.29, 1.82) is 0 Å². The Bertz CT molecular complexity index is 432. The number of aromatic nitrogens is 1. The Balaban J connectivity index is 2.69. The number of carboxylic acids is 1. The van der Waals surface area contributed by atoms with Gasteiger partial charge in [0.25, 0.3) is 0 Å². The van der Waals surface area contributed by atoms with E-state index in [2.05, 4.69) is 10.3 Å². The van der Waals surface area contributed by atoms with E-state index in [4.69, 9.17) is 5.11 Å². The predicted molar refractivity (Wildman–Crippen MR) is 63.6 cm³/mol. The number of nitrogens with zero attached hydrogens (tertiary/aromatic N) is 1. The van der Waals surface area contributed by atoms with Gasteiger partial charge in [-0.3, -0.25) is 14.6 Å². The summed E-state index contributed by atoms with van der Waals surface area (Å²) in [5.74, 6) is -2.59. The van der Waals surface area contributed by atoms with Crippen molar-refractivity contribution in [2.75, 3.05) is 5.32 Å². The molecule has 0 aliphatic carbocycles. The van der Waals surface area contributed by atoms with Crippen molar-refractivity contribution in [3.63, 3.8) is 0 Å². The highest BCUT2D eigenvalue weighted by Gasteiger charge is 2.25. The number of nitrogens with one attached hydrogen (secondary N) is 1. The van der Waals surface area contributed by atoms with Crippen molar-refractivity contribution >= 4 is 17.6 Å². The van der Waals surface area contributed by atoms with E-state index in [1.165, 1.54) is 13.1 Å². The Labute approximate surface area is 99.9 Å². The Morgan fingerprint density at radius 1 is 1.29 bits per heavy atom. The van der Waals surface area contributed by atoms with Crippen molar-refractivity contribution in [2.45, 2.75) is 20.8 Å². The fourth-order valence-corrected chi connectivity index (χ4v) is 1.32. The third kappa shape index (κ3) is 3.55. The first-order valence-electron chi connectivity index (χ1n) is 5.37. The summed E-state index contributed by atoms with van der Waals surface area (Å²) in [4.78, 5) is 26.5. The maximum atomic E-state index is 11.8. The SMILES string of the molecule is Cc1cncc(NC(=O)C(C)C(C)C(=O)O)c1. The molecule has 2 unspecified atom stereocenters. The highest BCUT2D eigenvalue weighted by atomic mass is 16.4. The van der Waals surface area contributed by atoms with Gasteiger partial charge in [-0.15, -0.1) is 0 Å². The lowest BCUT2D eigenvalue weighted by Gasteiger charge is -2.15. The summed E-state index contributed by atoms with van der Waals surface area (Å²) in [6.07, 6.45) is 3.21. The molecule has 0 aromatic carbocycles. The van der Waals surface area contributed by atoms with Crippen LogP contribution in [0.1, 0.15) is 19.4 Å². The average Bonchev–Trinajstić information content (AvgIpc) is 2.26. The van der Waals surface area contributed by atoms with Gasteiger partial charge in [0.1, 0.15) is 0 Å². The molecule has 1 aromatic heterocycles. The van der Waals surface area contributed by atoms with Crippen molar-refractivity contribution in [1.82, 2.24) is 4.98 Å². The second kappa shape index (κ2) is 5.43. The van der Waals surface area contributed by atoms with E-state index in [0.29, 0.717) is 5.69 Å². The molecule has 0 saturated carbocycles. The highest BCUT2D eigenvalue weighted by molar-refractivity contribution is 5.94. The van der Waals surface area contributed by atoms with Crippen molar-refractivity contribution in [3.8, 4) is 0 Å². The molecule has 0 spiro atoms. The molecule has 2 N–H and O–H groups in total. The summed E-state index contributed by atoms with van der Waals surface area (Å²) in [7, 11) is 0. The Morgan fingerprint density at radius 2 is 1.94 bits per heavy atom.